The van der Waals surface area contributed by atoms with Crippen LogP contribution in [0.2, 0.25) is 5.02 Å². The number of phenols is 1. The number of phenolic OH excluding ortho intramolecular Hbond substituents is 1. The van der Waals surface area contributed by atoms with Crippen molar-refractivity contribution in [3.8, 4) is 5.75 Å². The fraction of sp³-hybridized carbons (Fsp3) is 0.0714. The number of hydrogen-bond donors (Lipinski definition) is 2. The van der Waals surface area contributed by atoms with E-state index >= 15 is 0 Å². The van der Waals surface area contributed by atoms with E-state index in [1.54, 1.807) is 0 Å². The highest BCUT2D eigenvalue weighted by molar-refractivity contribution is 7.90. The van der Waals surface area contributed by atoms with Crippen LogP contribution in [0, 0.1) is 0 Å². The molecule has 0 saturated heterocycles. The first kappa shape index (κ1) is 15.3. The number of benzene rings is 2. The maximum absolute atomic E-state index is 12.1. The fourth-order valence-corrected chi connectivity index (χ4v) is 2.45. The highest BCUT2D eigenvalue weighted by Crippen LogP contribution is 2.26. The fourth-order valence-electron chi connectivity index (χ4n) is 1.66. The van der Waals surface area contributed by atoms with Gasteiger partial charge in [0, 0.05) is 23.6 Å². The Morgan fingerprint density at radius 1 is 1.19 bits per heavy atom. The normalized spacial score (nSPS) is 11.1. The van der Waals surface area contributed by atoms with Gasteiger partial charge in [-0.1, -0.05) is 17.7 Å². The number of carbonyl (C=O) groups is 1. The van der Waals surface area contributed by atoms with Crippen LogP contribution in [0.5, 0.6) is 5.75 Å². The van der Waals surface area contributed by atoms with Gasteiger partial charge in [0.2, 0.25) is 0 Å². The third kappa shape index (κ3) is 3.74. The number of halogens is 1. The standard InChI is InChI=1S/C14H12ClNO4S/c1-21(19,20)11-4-2-3-9(7-11)14(18)16-10-5-6-12(15)13(17)8-10/h2-8,17H,1H3,(H,16,18). The predicted octanol–water partition coefficient (Wildman–Crippen LogP) is 2.70. The van der Waals surface area contributed by atoms with Crippen molar-refractivity contribution in [3.63, 3.8) is 0 Å². The van der Waals surface area contributed by atoms with E-state index < -0.39 is 15.7 Å². The maximum Gasteiger partial charge on any atom is 0.255 e. The molecule has 110 valence electrons. The number of sulfone groups is 1. The number of rotatable bonds is 3. The molecule has 0 spiro atoms. The molecule has 2 rings (SSSR count). The van der Waals surface area contributed by atoms with E-state index in [1.807, 2.05) is 0 Å². The molecule has 1 amide bonds. The van der Waals surface area contributed by atoms with E-state index in [2.05, 4.69) is 5.32 Å². The molecule has 0 atom stereocenters. The molecule has 0 aliphatic rings. The summed E-state index contributed by atoms with van der Waals surface area (Å²) in [5.74, 6) is -0.637. The Labute approximate surface area is 127 Å². The summed E-state index contributed by atoms with van der Waals surface area (Å²) in [6.07, 6.45) is 1.07. The van der Waals surface area contributed by atoms with Crippen molar-refractivity contribution in [2.45, 2.75) is 4.90 Å². The van der Waals surface area contributed by atoms with Crippen molar-refractivity contribution in [1.29, 1.82) is 0 Å². The molecule has 0 saturated carbocycles. The first-order chi connectivity index (χ1) is 9.77. The van der Waals surface area contributed by atoms with Crippen molar-refractivity contribution < 1.29 is 18.3 Å². The van der Waals surface area contributed by atoms with Crippen LogP contribution in [0.3, 0.4) is 0 Å². The quantitative estimate of drug-likeness (QED) is 0.908. The molecule has 2 N–H and O–H groups in total. The Hall–Kier alpha value is -2.05. The lowest BCUT2D eigenvalue weighted by atomic mass is 10.2. The molecule has 0 unspecified atom stereocenters. The topological polar surface area (TPSA) is 83.5 Å². The number of carbonyl (C=O) groups excluding carboxylic acids is 1. The van der Waals surface area contributed by atoms with Crippen LogP contribution in [0.1, 0.15) is 10.4 Å². The van der Waals surface area contributed by atoms with Crippen LogP contribution in [0.4, 0.5) is 5.69 Å². The summed E-state index contributed by atoms with van der Waals surface area (Å²) in [5, 5.41) is 12.2. The van der Waals surface area contributed by atoms with Crippen molar-refractivity contribution in [2.75, 3.05) is 11.6 Å². The second-order valence-corrected chi connectivity index (χ2v) is 6.84. The van der Waals surface area contributed by atoms with Crippen molar-refractivity contribution in [2.24, 2.45) is 0 Å². The molecule has 0 fully saturated rings. The highest BCUT2D eigenvalue weighted by Gasteiger charge is 2.12. The van der Waals surface area contributed by atoms with Crippen molar-refractivity contribution >= 4 is 33.0 Å². The lowest BCUT2D eigenvalue weighted by Crippen LogP contribution is -2.12. The minimum Gasteiger partial charge on any atom is -0.506 e. The Kier molecular flexibility index (Phi) is 4.20. The molecule has 0 radical (unpaired) electrons. The Morgan fingerprint density at radius 3 is 2.52 bits per heavy atom. The van der Waals surface area contributed by atoms with Gasteiger partial charge >= 0.3 is 0 Å². The second kappa shape index (κ2) is 5.75. The van der Waals surface area contributed by atoms with Crippen molar-refractivity contribution in [3.05, 3.63) is 53.1 Å². The molecule has 0 aliphatic heterocycles. The SMILES string of the molecule is CS(=O)(=O)c1cccc(C(=O)Nc2ccc(Cl)c(O)c2)c1. The number of anilines is 1. The number of hydrogen-bond acceptors (Lipinski definition) is 4. The van der Waals surface area contributed by atoms with E-state index in [0.717, 1.165) is 6.26 Å². The van der Waals surface area contributed by atoms with Crippen LogP contribution >= 0.6 is 11.6 Å². The largest absolute Gasteiger partial charge is 0.506 e. The summed E-state index contributed by atoms with van der Waals surface area (Å²) in [7, 11) is -3.38. The average molecular weight is 326 g/mol. The van der Waals surface area contributed by atoms with Crippen LogP contribution in [0.15, 0.2) is 47.4 Å². The van der Waals surface area contributed by atoms with Crippen LogP contribution in [0.25, 0.3) is 0 Å². The smallest absolute Gasteiger partial charge is 0.255 e. The molecule has 5 nitrogen and oxygen atoms in total. The zero-order valence-electron chi connectivity index (χ0n) is 11.0. The molecule has 2 aromatic carbocycles. The van der Waals surface area contributed by atoms with E-state index in [1.165, 1.54) is 42.5 Å². The summed E-state index contributed by atoms with van der Waals surface area (Å²) in [4.78, 5) is 12.1. The molecule has 0 aliphatic carbocycles. The van der Waals surface area contributed by atoms with Crippen molar-refractivity contribution in [1.82, 2.24) is 0 Å². The van der Waals surface area contributed by atoms with E-state index in [-0.39, 0.29) is 21.2 Å². The third-order valence-corrected chi connectivity index (χ3v) is 4.16. The molecule has 0 heterocycles. The monoisotopic (exact) mass is 325 g/mol. The van der Waals surface area contributed by atoms with Crippen LogP contribution < -0.4 is 5.32 Å². The first-order valence-corrected chi connectivity index (χ1v) is 8.14. The van der Waals surface area contributed by atoms with Gasteiger partial charge in [-0.2, -0.15) is 0 Å². The zero-order valence-corrected chi connectivity index (χ0v) is 12.6. The predicted molar refractivity (Wildman–Crippen MR) is 80.6 cm³/mol. The number of amides is 1. The molecule has 0 aromatic heterocycles. The van der Waals surface area contributed by atoms with Gasteiger partial charge < -0.3 is 10.4 Å². The molecule has 0 bridgehead atoms. The molecule has 2 aromatic rings. The highest BCUT2D eigenvalue weighted by atomic mass is 35.5. The zero-order chi connectivity index (χ0) is 15.6. The van der Waals surface area contributed by atoms with E-state index in [9.17, 15) is 18.3 Å². The first-order valence-electron chi connectivity index (χ1n) is 5.87. The Bertz CT molecular complexity index is 802. The van der Waals surface area contributed by atoms with Gasteiger partial charge in [0.15, 0.2) is 9.84 Å². The summed E-state index contributed by atoms with van der Waals surface area (Å²) >= 11 is 5.68. The lowest BCUT2D eigenvalue weighted by molar-refractivity contribution is 0.102. The third-order valence-electron chi connectivity index (χ3n) is 2.73. The Balaban J connectivity index is 2.26. The average Bonchev–Trinajstić information content (AvgIpc) is 2.42. The summed E-state index contributed by atoms with van der Waals surface area (Å²) in [5.41, 5.74) is 0.555. The Morgan fingerprint density at radius 2 is 1.90 bits per heavy atom. The van der Waals surface area contributed by atoms with Gasteiger partial charge in [-0.15, -0.1) is 0 Å². The van der Waals surface area contributed by atoms with E-state index in [0.29, 0.717) is 5.69 Å². The van der Waals surface area contributed by atoms with Gasteiger partial charge in [0.25, 0.3) is 5.91 Å². The summed E-state index contributed by atoms with van der Waals surface area (Å²) < 4.78 is 22.9. The van der Waals surface area contributed by atoms with Crippen LogP contribution in [-0.4, -0.2) is 25.7 Å². The minimum absolute atomic E-state index is 0.0640. The molecule has 7 heteroatoms. The molecular weight excluding hydrogens is 314 g/mol. The van der Waals surface area contributed by atoms with Gasteiger partial charge in [-0.3, -0.25) is 4.79 Å². The van der Waals surface area contributed by atoms with E-state index in [4.69, 9.17) is 11.6 Å². The lowest BCUT2D eigenvalue weighted by Gasteiger charge is -2.07. The van der Waals surface area contributed by atoms with Gasteiger partial charge in [0.05, 0.1) is 9.92 Å². The number of aromatic hydroxyl groups is 1. The molecular formula is C14H12ClNO4S. The van der Waals surface area contributed by atoms with Gasteiger partial charge in [-0.25, -0.2) is 8.42 Å². The minimum atomic E-state index is -3.38. The molecule has 21 heavy (non-hydrogen) atoms. The van der Waals surface area contributed by atoms with Gasteiger partial charge in [-0.05, 0) is 30.3 Å². The van der Waals surface area contributed by atoms with Gasteiger partial charge in [0.1, 0.15) is 5.75 Å². The number of nitrogens with one attached hydrogen (secondary N) is 1. The van der Waals surface area contributed by atoms with Crippen LogP contribution in [-0.2, 0) is 9.84 Å². The second-order valence-electron chi connectivity index (χ2n) is 4.42. The maximum atomic E-state index is 12.1. The summed E-state index contributed by atoms with van der Waals surface area (Å²) in [6, 6.07) is 9.98. The summed E-state index contributed by atoms with van der Waals surface area (Å²) in [6.45, 7) is 0.